The van der Waals surface area contributed by atoms with E-state index in [1.165, 1.54) is 0 Å². The van der Waals surface area contributed by atoms with Crippen LogP contribution in [0.3, 0.4) is 0 Å². The summed E-state index contributed by atoms with van der Waals surface area (Å²) in [5.74, 6) is 0.471. The quantitative estimate of drug-likeness (QED) is 0.842. The number of hydrogen-bond acceptors (Lipinski definition) is 3. The second-order valence-electron chi connectivity index (χ2n) is 4.35. The van der Waals surface area contributed by atoms with Gasteiger partial charge in [0.15, 0.2) is 0 Å². The lowest BCUT2D eigenvalue weighted by Crippen LogP contribution is -2.34. The average Bonchev–Trinajstić information content (AvgIpc) is 2.29. The number of hydrogen-bond donors (Lipinski definition) is 1. The van der Waals surface area contributed by atoms with Crippen LogP contribution >= 0.6 is 11.6 Å². The summed E-state index contributed by atoms with van der Waals surface area (Å²) in [5.41, 5.74) is 0. The minimum atomic E-state index is -0.704. The van der Waals surface area contributed by atoms with Gasteiger partial charge in [-0.25, -0.2) is 4.98 Å². The maximum absolute atomic E-state index is 10.6. The highest BCUT2D eigenvalue weighted by Crippen LogP contribution is 2.24. The van der Waals surface area contributed by atoms with Crippen LogP contribution in [0.2, 0.25) is 5.15 Å². The normalized spacial score (nSPS) is 17.1. The van der Waals surface area contributed by atoms with Crippen LogP contribution in [0.1, 0.15) is 19.3 Å². The maximum atomic E-state index is 10.6. The van der Waals surface area contributed by atoms with Crippen molar-refractivity contribution in [3.63, 3.8) is 0 Å². The topological polar surface area (TPSA) is 53.4 Å². The summed E-state index contributed by atoms with van der Waals surface area (Å²) < 4.78 is 0. The van der Waals surface area contributed by atoms with Crippen LogP contribution in [0.15, 0.2) is 18.2 Å². The monoisotopic (exact) mass is 254 g/mol. The first-order valence-corrected chi connectivity index (χ1v) is 6.12. The third-order valence-electron chi connectivity index (χ3n) is 3.10. The van der Waals surface area contributed by atoms with Gasteiger partial charge in [-0.2, -0.15) is 0 Å². The Morgan fingerprint density at radius 1 is 1.47 bits per heavy atom. The summed E-state index contributed by atoms with van der Waals surface area (Å²) >= 11 is 5.85. The number of halogens is 1. The van der Waals surface area contributed by atoms with Gasteiger partial charge in [0.25, 0.3) is 0 Å². The Labute approximate surface area is 105 Å². The molecule has 5 heteroatoms. The number of aliphatic carboxylic acids is 1. The van der Waals surface area contributed by atoms with Gasteiger partial charge in [0.2, 0.25) is 0 Å². The standard InChI is InChI=1S/C12H15ClN2O2/c13-10-2-1-3-11(14-10)15-6-4-9(5-7-15)8-12(16)17/h1-3,9H,4-8H2,(H,16,17). The molecule has 1 fully saturated rings. The summed E-state index contributed by atoms with van der Waals surface area (Å²) in [6.07, 6.45) is 2.08. The first kappa shape index (κ1) is 12.2. The predicted molar refractivity (Wildman–Crippen MR) is 66.4 cm³/mol. The Morgan fingerprint density at radius 3 is 2.76 bits per heavy atom. The predicted octanol–water partition coefficient (Wildman–Crippen LogP) is 2.43. The fourth-order valence-electron chi connectivity index (χ4n) is 2.19. The minimum absolute atomic E-state index is 0.275. The molecular formula is C12H15ClN2O2. The van der Waals surface area contributed by atoms with Gasteiger partial charge in [0.1, 0.15) is 11.0 Å². The number of nitrogens with zero attached hydrogens (tertiary/aromatic N) is 2. The van der Waals surface area contributed by atoms with E-state index in [9.17, 15) is 4.79 Å². The second kappa shape index (κ2) is 5.36. The zero-order chi connectivity index (χ0) is 12.3. The Kier molecular flexibility index (Phi) is 3.84. The van der Waals surface area contributed by atoms with Crippen molar-refractivity contribution in [2.45, 2.75) is 19.3 Å². The number of pyridine rings is 1. The summed E-state index contributed by atoms with van der Waals surface area (Å²) in [4.78, 5) is 17.0. The van der Waals surface area contributed by atoms with Gasteiger partial charge in [-0.15, -0.1) is 0 Å². The van der Waals surface area contributed by atoms with Gasteiger partial charge in [0, 0.05) is 19.5 Å². The molecule has 2 heterocycles. The summed E-state index contributed by atoms with van der Waals surface area (Å²) in [6.45, 7) is 1.70. The van der Waals surface area contributed by atoms with Crippen molar-refractivity contribution in [3.8, 4) is 0 Å². The molecule has 2 rings (SSSR count). The van der Waals surface area contributed by atoms with Crippen molar-refractivity contribution in [2.75, 3.05) is 18.0 Å². The van der Waals surface area contributed by atoms with Gasteiger partial charge in [-0.3, -0.25) is 4.79 Å². The lowest BCUT2D eigenvalue weighted by molar-refractivity contribution is -0.138. The molecular weight excluding hydrogens is 240 g/mol. The van der Waals surface area contributed by atoms with Gasteiger partial charge in [0.05, 0.1) is 0 Å². The van der Waals surface area contributed by atoms with E-state index in [0.29, 0.717) is 11.1 Å². The molecule has 4 nitrogen and oxygen atoms in total. The van der Waals surface area contributed by atoms with Crippen molar-refractivity contribution in [2.24, 2.45) is 5.92 Å². The zero-order valence-electron chi connectivity index (χ0n) is 9.47. The number of anilines is 1. The zero-order valence-corrected chi connectivity index (χ0v) is 10.2. The highest BCUT2D eigenvalue weighted by molar-refractivity contribution is 6.29. The molecule has 0 saturated carbocycles. The molecule has 0 bridgehead atoms. The highest BCUT2D eigenvalue weighted by atomic mass is 35.5. The molecule has 1 aromatic rings. The van der Waals surface area contributed by atoms with E-state index < -0.39 is 5.97 Å². The molecule has 0 radical (unpaired) electrons. The Bertz CT molecular complexity index is 403. The van der Waals surface area contributed by atoms with Crippen LogP contribution in [-0.4, -0.2) is 29.1 Å². The van der Waals surface area contributed by atoms with Crippen LogP contribution in [0.4, 0.5) is 5.82 Å². The number of carboxylic acid groups (broad SMARTS) is 1. The molecule has 0 unspecified atom stereocenters. The molecule has 1 aromatic heterocycles. The smallest absolute Gasteiger partial charge is 0.303 e. The lowest BCUT2D eigenvalue weighted by Gasteiger charge is -2.32. The minimum Gasteiger partial charge on any atom is -0.481 e. The number of rotatable bonds is 3. The van der Waals surface area contributed by atoms with E-state index in [0.717, 1.165) is 31.7 Å². The lowest BCUT2D eigenvalue weighted by atomic mass is 9.94. The molecule has 0 atom stereocenters. The second-order valence-corrected chi connectivity index (χ2v) is 4.73. The fraction of sp³-hybridized carbons (Fsp3) is 0.500. The fourth-order valence-corrected chi connectivity index (χ4v) is 2.35. The molecule has 1 N–H and O–H groups in total. The first-order chi connectivity index (χ1) is 8.15. The van der Waals surface area contributed by atoms with Crippen LogP contribution in [-0.2, 0) is 4.79 Å². The van der Waals surface area contributed by atoms with E-state index in [-0.39, 0.29) is 6.42 Å². The van der Waals surface area contributed by atoms with E-state index in [2.05, 4.69) is 9.88 Å². The summed E-state index contributed by atoms with van der Waals surface area (Å²) in [5, 5.41) is 9.24. The van der Waals surface area contributed by atoms with Crippen LogP contribution in [0.5, 0.6) is 0 Å². The third kappa shape index (κ3) is 3.33. The highest BCUT2D eigenvalue weighted by Gasteiger charge is 2.21. The molecule has 1 aliphatic heterocycles. The van der Waals surface area contributed by atoms with E-state index in [4.69, 9.17) is 16.7 Å². The molecule has 92 valence electrons. The van der Waals surface area contributed by atoms with Gasteiger partial charge < -0.3 is 10.0 Å². The van der Waals surface area contributed by atoms with E-state index in [1.54, 1.807) is 6.07 Å². The summed E-state index contributed by atoms with van der Waals surface area (Å²) in [6, 6.07) is 5.57. The van der Waals surface area contributed by atoms with Gasteiger partial charge >= 0.3 is 5.97 Å². The first-order valence-electron chi connectivity index (χ1n) is 5.74. The Morgan fingerprint density at radius 2 is 2.18 bits per heavy atom. The Balaban J connectivity index is 1.93. The molecule has 1 saturated heterocycles. The molecule has 1 aliphatic rings. The maximum Gasteiger partial charge on any atom is 0.303 e. The number of carbonyl (C=O) groups is 1. The van der Waals surface area contributed by atoms with Crippen LogP contribution < -0.4 is 4.90 Å². The molecule has 0 aromatic carbocycles. The van der Waals surface area contributed by atoms with Crippen molar-refractivity contribution in [3.05, 3.63) is 23.4 Å². The Hall–Kier alpha value is -1.29. The third-order valence-corrected chi connectivity index (χ3v) is 3.31. The van der Waals surface area contributed by atoms with Gasteiger partial charge in [-0.05, 0) is 30.9 Å². The largest absolute Gasteiger partial charge is 0.481 e. The van der Waals surface area contributed by atoms with Gasteiger partial charge in [-0.1, -0.05) is 17.7 Å². The van der Waals surface area contributed by atoms with Crippen LogP contribution in [0, 0.1) is 5.92 Å². The van der Waals surface area contributed by atoms with Crippen LogP contribution in [0.25, 0.3) is 0 Å². The van der Waals surface area contributed by atoms with E-state index >= 15 is 0 Å². The summed E-state index contributed by atoms with van der Waals surface area (Å²) in [7, 11) is 0. The molecule has 0 amide bonds. The molecule has 0 aliphatic carbocycles. The van der Waals surface area contributed by atoms with Crippen molar-refractivity contribution in [1.29, 1.82) is 0 Å². The molecule has 0 spiro atoms. The van der Waals surface area contributed by atoms with E-state index in [1.807, 2.05) is 12.1 Å². The number of aromatic nitrogens is 1. The SMILES string of the molecule is O=C(O)CC1CCN(c2cccc(Cl)n2)CC1. The average molecular weight is 255 g/mol. The van der Waals surface area contributed by atoms with Crippen molar-refractivity contribution in [1.82, 2.24) is 4.98 Å². The van der Waals surface area contributed by atoms with Crippen molar-refractivity contribution < 1.29 is 9.90 Å². The number of piperidine rings is 1. The molecule has 17 heavy (non-hydrogen) atoms. The number of carboxylic acids is 1. The van der Waals surface area contributed by atoms with Crippen molar-refractivity contribution >= 4 is 23.4 Å².